The molecular weight excluding hydrogens is 613 g/mol. The SMILES string of the molecule is [2H]c1c([2H])c([2H])c2c(c1[2H])c1c([2H])c([2H])c(-c3ccc(-c4nc(-c5ccccc5)nc(-c5ccc6c(c5)oc5ccccc56)n4)cc3)c([2H])c1n2-c1ccccc1. The first-order valence-electron chi connectivity index (χ1n) is 19.6. The van der Waals surface area contributed by atoms with E-state index in [1.54, 1.807) is 41.0 Å². The number of rotatable bonds is 5. The molecule has 0 bridgehead atoms. The molecular formula is C45H28N4O. The van der Waals surface area contributed by atoms with Crippen LogP contribution in [0.4, 0.5) is 0 Å². The largest absolute Gasteiger partial charge is 0.456 e. The number of benzene rings is 7. The van der Waals surface area contributed by atoms with Crippen molar-refractivity contribution in [3.05, 3.63) is 170 Å². The number of furan rings is 1. The Bertz CT molecular complexity index is 3260. The Hall–Kier alpha value is -6.85. The summed E-state index contributed by atoms with van der Waals surface area (Å²) in [6.07, 6.45) is 0. The van der Waals surface area contributed by atoms with E-state index < -0.39 is 12.1 Å². The Morgan fingerprint density at radius 3 is 1.84 bits per heavy atom. The molecule has 7 aromatic carbocycles. The van der Waals surface area contributed by atoms with Crippen molar-refractivity contribution in [3.8, 4) is 51.0 Å². The normalized spacial score (nSPS) is 13.6. The van der Waals surface area contributed by atoms with Crippen LogP contribution in [0.2, 0.25) is 0 Å². The van der Waals surface area contributed by atoms with Crippen LogP contribution in [-0.2, 0) is 0 Å². The van der Waals surface area contributed by atoms with E-state index in [1.165, 1.54) is 0 Å². The van der Waals surface area contributed by atoms with Crippen LogP contribution in [0.25, 0.3) is 94.7 Å². The minimum Gasteiger partial charge on any atom is -0.456 e. The molecule has 0 spiro atoms. The number of hydrogen-bond acceptors (Lipinski definition) is 4. The van der Waals surface area contributed by atoms with Crippen LogP contribution < -0.4 is 0 Å². The Morgan fingerprint density at radius 1 is 0.440 bits per heavy atom. The van der Waals surface area contributed by atoms with Gasteiger partial charge in [-0.2, -0.15) is 0 Å². The van der Waals surface area contributed by atoms with Crippen LogP contribution in [-0.4, -0.2) is 19.5 Å². The third-order valence-electron chi connectivity index (χ3n) is 8.91. The van der Waals surface area contributed by atoms with Crippen molar-refractivity contribution < 1.29 is 14.0 Å². The lowest BCUT2D eigenvalue weighted by molar-refractivity contribution is 0.669. The average molecular weight is 648 g/mol. The molecule has 0 aliphatic heterocycles. The van der Waals surface area contributed by atoms with E-state index in [2.05, 4.69) is 0 Å². The fourth-order valence-electron chi connectivity index (χ4n) is 6.49. The number of nitrogens with zero attached hydrogens (tertiary/aromatic N) is 4. The molecule has 3 aromatic heterocycles. The predicted octanol–water partition coefficient (Wildman–Crippen LogP) is 11.5. The zero-order valence-electron chi connectivity index (χ0n) is 33.3. The van der Waals surface area contributed by atoms with Crippen molar-refractivity contribution in [1.29, 1.82) is 0 Å². The maximum atomic E-state index is 9.56. The smallest absolute Gasteiger partial charge is 0.164 e. The molecule has 0 atom stereocenters. The number of hydrogen-bond donors (Lipinski definition) is 0. The Morgan fingerprint density at radius 2 is 1.04 bits per heavy atom. The van der Waals surface area contributed by atoms with Crippen LogP contribution in [0.5, 0.6) is 0 Å². The number of aromatic nitrogens is 4. The van der Waals surface area contributed by atoms with E-state index in [1.807, 2.05) is 91.0 Å². The molecule has 10 rings (SSSR count). The molecule has 0 radical (unpaired) electrons. The molecule has 50 heavy (non-hydrogen) atoms. The van der Waals surface area contributed by atoms with Crippen molar-refractivity contribution in [2.75, 3.05) is 0 Å². The summed E-state index contributed by atoms with van der Waals surface area (Å²) in [4.78, 5) is 14.7. The van der Waals surface area contributed by atoms with Gasteiger partial charge in [-0.25, -0.2) is 15.0 Å². The van der Waals surface area contributed by atoms with E-state index in [0.717, 1.165) is 27.5 Å². The topological polar surface area (TPSA) is 56.7 Å². The van der Waals surface area contributed by atoms with Gasteiger partial charge in [0.25, 0.3) is 0 Å². The molecule has 5 nitrogen and oxygen atoms in total. The van der Waals surface area contributed by atoms with Gasteiger partial charge in [0.15, 0.2) is 17.5 Å². The molecule has 0 aliphatic rings. The first kappa shape index (κ1) is 21.9. The highest BCUT2D eigenvalue weighted by molar-refractivity contribution is 6.10. The zero-order chi connectivity index (χ0) is 39.1. The second-order valence-corrected chi connectivity index (χ2v) is 11.9. The summed E-state index contributed by atoms with van der Waals surface area (Å²) < 4.78 is 70.3. The van der Waals surface area contributed by atoms with Gasteiger partial charge in [0.2, 0.25) is 0 Å². The number of fused-ring (bicyclic) bond motifs is 6. The highest BCUT2D eigenvalue weighted by atomic mass is 16.3. The standard InChI is InChI=1S/C45H28N4O/c1-3-11-30(12-4-1)43-46-44(48-45(47-43)33-24-26-38-37-16-8-10-18-41(37)50-42(38)28-33)31-21-19-29(20-22-31)32-23-25-36-35-15-7-9-17-39(35)49(40(36)27-32)34-13-5-2-6-14-34/h1-28H/i7D,9D,15D,17D,23D,25D,27D. The molecule has 3 heterocycles. The zero-order valence-corrected chi connectivity index (χ0v) is 26.3. The van der Waals surface area contributed by atoms with Crippen LogP contribution in [0, 0.1) is 0 Å². The summed E-state index contributed by atoms with van der Waals surface area (Å²) >= 11 is 0. The van der Waals surface area contributed by atoms with Gasteiger partial charge in [0.05, 0.1) is 20.6 Å². The third kappa shape index (κ3) is 4.67. The van der Waals surface area contributed by atoms with Gasteiger partial charge in [-0.05, 0) is 53.5 Å². The fraction of sp³-hybridized carbons (Fsp3) is 0. The van der Waals surface area contributed by atoms with Crippen molar-refractivity contribution in [2.24, 2.45) is 0 Å². The summed E-state index contributed by atoms with van der Waals surface area (Å²) in [5.74, 6) is 1.36. The van der Waals surface area contributed by atoms with Crippen LogP contribution in [0.3, 0.4) is 0 Å². The van der Waals surface area contributed by atoms with Gasteiger partial charge in [0, 0.05) is 43.9 Å². The highest BCUT2D eigenvalue weighted by Gasteiger charge is 2.16. The molecule has 0 saturated carbocycles. The molecule has 0 saturated heterocycles. The summed E-state index contributed by atoms with van der Waals surface area (Å²) in [5, 5.41) is 2.25. The molecule has 0 unspecified atom stereocenters. The maximum absolute atomic E-state index is 9.56. The first-order valence-corrected chi connectivity index (χ1v) is 16.1. The first-order chi connectivity index (χ1) is 27.7. The van der Waals surface area contributed by atoms with E-state index in [0.29, 0.717) is 39.9 Å². The van der Waals surface area contributed by atoms with Crippen LogP contribution in [0.1, 0.15) is 9.60 Å². The quantitative estimate of drug-likeness (QED) is 0.186. The minimum atomic E-state index is -0.441. The van der Waals surface area contributed by atoms with E-state index in [9.17, 15) is 4.11 Å². The van der Waals surface area contributed by atoms with Crippen LogP contribution >= 0.6 is 0 Å². The summed E-state index contributed by atoms with van der Waals surface area (Å²) in [6, 6.07) is 37.6. The van der Waals surface area contributed by atoms with Crippen molar-refractivity contribution in [3.63, 3.8) is 0 Å². The van der Waals surface area contributed by atoms with Crippen molar-refractivity contribution in [2.45, 2.75) is 0 Å². The maximum Gasteiger partial charge on any atom is 0.164 e. The van der Waals surface area contributed by atoms with Gasteiger partial charge in [-0.15, -0.1) is 0 Å². The van der Waals surface area contributed by atoms with Gasteiger partial charge < -0.3 is 8.98 Å². The Labute approximate surface area is 297 Å². The molecule has 5 heteroatoms. The fourth-order valence-corrected chi connectivity index (χ4v) is 6.49. The predicted molar refractivity (Wildman–Crippen MR) is 203 cm³/mol. The molecule has 0 amide bonds. The average Bonchev–Trinajstić information content (AvgIpc) is 3.82. The van der Waals surface area contributed by atoms with E-state index >= 15 is 0 Å². The molecule has 234 valence electrons. The van der Waals surface area contributed by atoms with Crippen molar-refractivity contribution >= 4 is 43.7 Å². The summed E-state index contributed by atoms with van der Waals surface area (Å²) in [7, 11) is 0. The Balaban J connectivity index is 1.14. The molecule has 0 fully saturated rings. The third-order valence-corrected chi connectivity index (χ3v) is 8.91. The van der Waals surface area contributed by atoms with Gasteiger partial charge in [-0.3, -0.25) is 0 Å². The van der Waals surface area contributed by atoms with Gasteiger partial charge in [0.1, 0.15) is 11.2 Å². The highest BCUT2D eigenvalue weighted by Crippen LogP contribution is 2.36. The second kappa shape index (κ2) is 11.4. The molecule has 10 aromatic rings. The lowest BCUT2D eigenvalue weighted by Crippen LogP contribution is -2.00. The monoisotopic (exact) mass is 647 g/mol. The van der Waals surface area contributed by atoms with Gasteiger partial charge in [-0.1, -0.05) is 127 Å². The van der Waals surface area contributed by atoms with Gasteiger partial charge >= 0.3 is 0 Å². The minimum absolute atomic E-state index is 0.0783. The summed E-state index contributed by atoms with van der Waals surface area (Å²) in [6.45, 7) is 0. The summed E-state index contributed by atoms with van der Waals surface area (Å²) in [5.41, 5.74) is 5.37. The Kier molecular flexibility index (Phi) is 4.99. The number of para-hydroxylation sites is 3. The molecule has 0 N–H and O–H groups in total. The van der Waals surface area contributed by atoms with E-state index in [4.69, 9.17) is 24.9 Å². The lowest BCUT2D eigenvalue weighted by atomic mass is 10.0. The van der Waals surface area contributed by atoms with Crippen LogP contribution in [0.15, 0.2) is 174 Å². The second-order valence-electron chi connectivity index (χ2n) is 11.9. The lowest BCUT2D eigenvalue weighted by Gasteiger charge is -2.10. The van der Waals surface area contributed by atoms with Crippen molar-refractivity contribution in [1.82, 2.24) is 19.5 Å². The van der Waals surface area contributed by atoms with E-state index in [-0.39, 0.29) is 57.6 Å². The molecule has 0 aliphatic carbocycles.